The third kappa shape index (κ3) is 6.16. The smallest absolute Gasteiger partial charge is 0.0674 e. The molecule has 0 N–H and O–H groups in total. The average molecular weight is 215 g/mol. The van der Waals surface area contributed by atoms with Crippen LogP contribution in [0.2, 0.25) is 0 Å². The molecule has 0 aliphatic carbocycles. The van der Waals surface area contributed by atoms with E-state index in [2.05, 4.69) is 25.7 Å². The summed E-state index contributed by atoms with van der Waals surface area (Å²) in [5.41, 5.74) is 0. The van der Waals surface area contributed by atoms with Crippen molar-refractivity contribution < 1.29 is 4.74 Å². The van der Waals surface area contributed by atoms with Gasteiger partial charge in [0.1, 0.15) is 0 Å². The van der Waals surface area contributed by atoms with Crippen LogP contribution in [0.1, 0.15) is 47.5 Å². The first-order valence-electron chi connectivity index (χ1n) is 6.60. The summed E-state index contributed by atoms with van der Waals surface area (Å²) < 4.78 is 5.76. The van der Waals surface area contributed by atoms with Crippen LogP contribution in [0.3, 0.4) is 0 Å². The molecule has 2 nitrogen and oxygen atoms in total. The molecule has 2 heteroatoms. The van der Waals surface area contributed by atoms with E-state index in [4.69, 9.17) is 4.74 Å². The van der Waals surface area contributed by atoms with Crippen molar-refractivity contribution in [3.05, 3.63) is 0 Å². The van der Waals surface area contributed by atoms with Crippen LogP contribution in [0.4, 0.5) is 0 Å². The molecule has 2 atom stereocenters. The SMILES string of the molecule is CC.CCCC1COC(C)CN(CC)C1. The highest BCUT2D eigenvalue weighted by molar-refractivity contribution is 4.71. The second-order valence-corrected chi connectivity index (χ2v) is 4.15. The Morgan fingerprint density at radius 2 is 1.87 bits per heavy atom. The van der Waals surface area contributed by atoms with E-state index in [1.807, 2.05) is 13.8 Å². The molecule has 1 aliphatic rings. The standard InChI is InChI=1S/C11H23NO.C2H6/c1-4-6-11-8-12(5-2)7-10(3)13-9-11;1-2/h10-11H,4-9H2,1-3H3;1-2H3. The van der Waals surface area contributed by atoms with E-state index < -0.39 is 0 Å². The fourth-order valence-corrected chi connectivity index (χ4v) is 2.05. The number of nitrogens with zero attached hydrogens (tertiary/aromatic N) is 1. The van der Waals surface area contributed by atoms with Gasteiger partial charge in [0.15, 0.2) is 0 Å². The maximum Gasteiger partial charge on any atom is 0.0674 e. The fourth-order valence-electron chi connectivity index (χ4n) is 2.05. The van der Waals surface area contributed by atoms with Gasteiger partial charge in [-0.1, -0.05) is 34.1 Å². The zero-order valence-corrected chi connectivity index (χ0v) is 11.3. The van der Waals surface area contributed by atoms with Crippen LogP contribution < -0.4 is 0 Å². The molecule has 1 aliphatic heterocycles. The quantitative estimate of drug-likeness (QED) is 0.717. The first-order chi connectivity index (χ1) is 7.26. The van der Waals surface area contributed by atoms with E-state index in [1.54, 1.807) is 0 Å². The Hall–Kier alpha value is -0.0800. The van der Waals surface area contributed by atoms with Gasteiger partial charge in [-0.05, 0) is 25.8 Å². The molecule has 0 aromatic heterocycles. The van der Waals surface area contributed by atoms with Gasteiger partial charge in [0.25, 0.3) is 0 Å². The van der Waals surface area contributed by atoms with E-state index in [0.717, 1.165) is 25.6 Å². The van der Waals surface area contributed by atoms with E-state index >= 15 is 0 Å². The molecule has 92 valence electrons. The summed E-state index contributed by atoms with van der Waals surface area (Å²) in [6.45, 7) is 15.1. The molecule has 1 rings (SSSR count). The third-order valence-corrected chi connectivity index (χ3v) is 2.79. The molecule has 0 spiro atoms. The van der Waals surface area contributed by atoms with Crippen molar-refractivity contribution in [2.24, 2.45) is 5.92 Å². The lowest BCUT2D eigenvalue weighted by atomic mass is 10.0. The van der Waals surface area contributed by atoms with Gasteiger partial charge < -0.3 is 9.64 Å². The monoisotopic (exact) mass is 215 g/mol. The predicted octanol–water partition coefficient (Wildman–Crippen LogP) is 3.17. The van der Waals surface area contributed by atoms with Gasteiger partial charge in [-0.3, -0.25) is 0 Å². The van der Waals surface area contributed by atoms with E-state index in [0.29, 0.717) is 6.10 Å². The van der Waals surface area contributed by atoms with Crippen molar-refractivity contribution in [3.8, 4) is 0 Å². The maximum atomic E-state index is 5.76. The van der Waals surface area contributed by atoms with Crippen molar-refractivity contribution >= 4 is 0 Å². The molecule has 15 heavy (non-hydrogen) atoms. The Balaban J connectivity index is 0.000000921. The topological polar surface area (TPSA) is 12.5 Å². The van der Waals surface area contributed by atoms with Crippen molar-refractivity contribution in [2.45, 2.75) is 53.6 Å². The normalized spacial score (nSPS) is 27.8. The zero-order chi connectivity index (χ0) is 11.7. The van der Waals surface area contributed by atoms with Gasteiger partial charge >= 0.3 is 0 Å². The molecule has 0 bridgehead atoms. The second-order valence-electron chi connectivity index (χ2n) is 4.15. The van der Waals surface area contributed by atoms with E-state index in [-0.39, 0.29) is 0 Å². The lowest BCUT2D eigenvalue weighted by Crippen LogP contribution is -2.31. The van der Waals surface area contributed by atoms with Crippen molar-refractivity contribution in [1.29, 1.82) is 0 Å². The van der Waals surface area contributed by atoms with Crippen molar-refractivity contribution in [2.75, 3.05) is 26.2 Å². The number of rotatable bonds is 3. The van der Waals surface area contributed by atoms with Crippen LogP contribution >= 0.6 is 0 Å². The van der Waals surface area contributed by atoms with Crippen LogP contribution in [-0.4, -0.2) is 37.2 Å². The zero-order valence-electron chi connectivity index (χ0n) is 11.3. The summed E-state index contributed by atoms with van der Waals surface area (Å²) in [5.74, 6) is 0.759. The van der Waals surface area contributed by atoms with Crippen LogP contribution in [0.5, 0.6) is 0 Å². The van der Waals surface area contributed by atoms with Gasteiger partial charge in [0, 0.05) is 13.1 Å². The first-order valence-corrected chi connectivity index (χ1v) is 6.60. The summed E-state index contributed by atoms with van der Waals surface area (Å²) in [6.07, 6.45) is 3.00. The minimum Gasteiger partial charge on any atom is -0.377 e. The van der Waals surface area contributed by atoms with E-state index in [9.17, 15) is 0 Å². The Labute approximate surface area is 96.0 Å². The van der Waals surface area contributed by atoms with Gasteiger partial charge in [0.2, 0.25) is 0 Å². The molecular formula is C13H29NO. The summed E-state index contributed by atoms with van der Waals surface area (Å²) >= 11 is 0. The number of ether oxygens (including phenoxy) is 1. The molecular weight excluding hydrogens is 186 g/mol. The van der Waals surface area contributed by atoms with Gasteiger partial charge in [0.05, 0.1) is 12.7 Å². The second kappa shape index (κ2) is 9.17. The maximum absolute atomic E-state index is 5.76. The Morgan fingerprint density at radius 1 is 1.20 bits per heavy atom. The first kappa shape index (κ1) is 14.9. The molecule has 1 heterocycles. The summed E-state index contributed by atoms with van der Waals surface area (Å²) in [7, 11) is 0. The summed E-state index contributed by atoms with van der Waals surface area (Å²) in [5, 5.41) is 0. The highest BCUT2D eigenvalue weighted by Crippen LogP contribution is 2.15. The molecule has 1 fully saturated rings. The Kier molecular flexibility index (Phi) is 9.12. The van der Waals surface area contributed by atoms with Crippen molar-refractivity contribution in [3.63, 3.8) is 0 Å². The minimum absolute atomic E-state index is 0.418. The van der Waals surface area contributed by atoms with Crippen molar-refractivity contribution in [1.82, 2.24) is 4.90 Å². The van der Waals surface area contributed by atoms with Crippen LogP contribution in [-0.2, 0) is 4.74 Å². The Bertz CT molecular complexity index is 138. The molecule has 0 aromatic rings. The summed E-state index contributed by atoms with van der Waals surface area (Å²) in [4.78, 5) is 2.51. The molecule has 0 aromatic carbocycles. The molecule has 0 radical (unpaired) electrons. The highest BCUT2D eigenvalue weighted by Gasteiger charge is 2.20. The fraction of sp³-hybridized carbons (Fsp3) is 1.00. The van der Waals surface area contributed by atoms with Gasteiger partial charge in [-0.25, -0.2) is 0 Å². The molecule has 1 saturated heterocycles. The number of likely N-dealkylation sites (N-methyl/N-ethyl adjacent to an activating group) is 1. The van der Waals surface area contributed by atoms with E-state index in [1.165, 1.54) is 19.4 Å². The lowest BCUT2D eigenvalue weighted by molar-refractivity contribution is 0.0542. The average Bonchev–Trinajstić information content (AvgIpc) is 2.44. The number of hydrogen-bond donors (Lipinski definition) is 0. The molecule has 0 saturated carbocycles. The van der Waals surface area contributed by atoms with Crippen LogP contribution in [0, 0.1) is 5.92 Å². The van der Waals surface area contributed by atoms with Gasteiger partial charge in [-0.15, -0.1) is 0 Å². The van der Waals surface area contributed by atoms with Gasteiger partial charge in [-0.2, -0.15) is 0 Å². The largest absolute Gasteiger partial charge is 0.377 e. The lowest BCUT2D eigenvalue weighted by Gasteiger charge is -2.21. The van der Waals surface area contributed by atoms with Crippen LogP contribution in [0.15, 0.2) is 0 Å². The third-order valence-electron chi connectivity index (χ3n) is 2.79. The predicted molar refractivity (Wildman–Crippen MR) is 67.3 cm³/mol. The Morgan fingerprint density at radius 3 is 2.40 bits per heavy atom. The molecule has 0 amide bonds. The minimum atomic E-state index is 0.418. The highest BCUT2D eigenvalue weighted by atomic mass is 16.5. The molecule has 2 unspecified atom stereocenters. The summed E-state index contributed by atoms with van der Waals surface area (Å²) in [6, 6.07) is 0. The number of hydrogen-bond acceptors (Lipinski definition) is 2. The van der Waals surface area contributed by atoms with Crippen LogP contribution in [0.25, 0.3) is 0 Å².